The van der Waals surface area contributed by atoms with Crippen molar-refractivity contribution in [3.8, 4) is 0 Å². The third kappa shape index (κ3) is 6.88. The first-order valence-corrected chi connectivity index (χ1v) is 15.3. The number of rotatable bonds is 9. The average molecular weight is 537 g/mol. The van der Waals surface area contributed by atoms with Gasteiger partial charge in [-0.15, -0.1) is 0 Å². The number of hydrazine groups is 1. The monoisotopic (exact) mass is 535 g/mol. The average Bonchev–Trinajstić information content (AvgIpc) is 2.88. The van der Waals surface area contributed by atoms with Gasteiger partial charge >= 0.3 is 0 Å². The highest BCUT2D eigenvalue weighted by Crippen LogP contribution is 2.38. The Kier molecular flexibility index (Phi) is 10.1. The van der Waals surface area contributed by atoms with E-state index >= 15 is 0 Å². The zero-order valence-corrected chi connectivity index (χ0v) is 23.3. The van der Waals surface area contributed by atoms with Crippen LogP contribution in [0.15, 0.2) is 47.4 Å². The molecule has 2 saturated heterocycles. The molecule has 192 valence electrons. The van der Waals surface area contributed by atoms with Crippen LogP contribution in [0.2, 0.25) is 10.0 Å². The lowest BCUT2D eigenvalue weighted by Gasteiger charge is -2.47. The molecular weight excluding hydrogens is 497 g/mol. The van der Waals surface area contributed by atoms with E-state index in [1.54, 1.807) is 6.26 Å². The Hall–Kier alpha value is -0.950. The Morgan fingerprint density at radius 3 is 2.54 bits per heavy atom. The predicted octanol–water partition coefficient (Wildman–Crippen LogP) is 6.46. The zero-order valence-electron chi connectivity index (χ0n) is 21.0. The van der Waals surface area contributed by atoms with Gasteiger partial charge in [-0.3, -0.25) is 4.21 Å². The number of hydrogen-bond donors (Lipinski definition) is 1. The molecule has 7 heteroatoms. The van der Waals surface area contributed by atoms with Gasteiger partial charge in [0, 0.05) is 43.4 Å². The van der Waals surface area contributed by atoms with Crippen molar-refractivity contribution in [2.75, 3.05) is 39.5 Å². The van der Waals surface area contributed by atoms with Gasteiger partial charge in [-0.05, 0) is 86.7 Å². The Morgan fingerprint density at radius 1 is 1.06 bits per heavy atom. The van der Waals surface area contributed by atoms with E-state index in [9.17, 15) is 4.21 Å². The van der Waals surface area contributed by atoms with Gasteiger partial charge in [-0.25, -0.2) is 10.0 Å². The number of benzene rings is 2. The van der Waals surface area contributed by atoms with Crippen molar-refractivity contribution in [1.82, 2.24) is 15.3 Å². The molecule has 0 aromatic heterocycles. The molecule has 4 rings (SSSR count). The van der Waals surface area contributed by atoms with E-state index in [2.05, 4.69) is 33.5 Å². The maximum atomic E-state index is 12.5. The van der Waals surface area contributed by atoms with Gasteiger partial charge in [0.1, 0.15) is 0 Å². The van der Waals surface area contributed by atoms with Crippen molar-refractivity contribution in [1.29, 1.82) is 0 Å². The number of halogens is 2. The first kappa shape index (κ1) is 27.1. The molecule has 0 amide bonds. The van der Waals surface area contributed by atoms with Gasteiger partial charge in [0.15, 0.2) is 0 Å². The van der Waals surface area contributed by atoms with Gasteiger partial charge in [-0.1, -0.05) is 53.9 Å². The summed E-state index contributed by atoms with van der Waals surface area (Å²) in [6.45, 7) is 4.33. The highest BCUT2D eigenvalue weighted by Gasteiger charge is 2.34. The first-order valence-electron chi connectivity index (χ1n) is 13.0. The maximum absolute atomic E-state index is 12.5. The van der Waals surface area contributed by atoms with E-state index in [4.69, 9.17) is 23.2 Å². The Balaban J connectivity index is 1.54. The van der Waals surface area contributed by atoms with Crippen LogP contribution in [0, 0.1) is 0 Å². The second kappa shape index (κ2) is 13.0. The van der Waals surface area contributed by atoms with E-state index in [1.807, 2.05) is 31.3 Å². The Bertz CT molecular complexity index is 998. The van der Waals surface area contributed by atoms with Crippen molar-refractivity contribution in [3.63, 3.8) is 0 Å². The molecule has 4 atom stereocenters. The first-order chi connectivity index (χ1) is 17.0. The molecule has 35 heavy (non-hydrogen) atoms. The molecule has 0 saturated carbocycles. The predicted molar refractivity (Wildman–Crippen MR) is 149 cm³/mol. The summed E-state index contributed by atoms with van der Waals surface area (Å²) in [6, 6.07) is 14.9. The molecule has 0 spiro atoms. The fourth-order valence-corrected chi connectivity index (χ4v) is 7.11. The fourth-order valence-electron chi connectivity index (χ4n) is 5.97. The van der Waals surface area contributed by atoms with E-state index < -0.39 is 10.8 Å². The fraction of sp³-hybridized carbons (Fsp3) is 0.571. The summed E-state index contributed by atoms with van der Waals surface area (Å²) in [5.41, 5.74) is 2.53. The highest BCUT2D eigenvalue weighted by molar-refractivity contribution is 7.84. The number of piperidine rings is 2. The summed E-state index contributed by atoms with van der Waals surface area (Å²) in [6.07, 6.45) is 10.2. The Morgan fingerprint density at radius 2 is 1.83 bits per heavy atom. The van der Waals surface area contributed by atoms with Crippen LogP contribution in [0.25, 0.3) is 0 Å². The van der Waals surface area contributed by atoms with Crippen LogP contribution in [0.5, 0.6) is 0 Å². The normalized spacial score (nSPS) is 23.8. The lowest BCUT2D eigenvalue weighted by molar-refractivity contribution is -0.0951. The lowest BCUT2D eigenvalue weighted by Crippen LogP contribution is -2.54. The molecule has 2 fully saturated rings. The van der Waals surface area contributed by atoms with Crippen LogP contribution in [0.4, 0.5) is 0 Å². The second-order valence-electron chi connectivity index (χ2n) is 10.0. The summed E-state index contributed by atoms with van der Waals surface area (Å²) < 4.78 is 12.5. The van der Waals surface area contributed by atoms with Gasteiger partial charge < -0.3 is 5.32 Å². The summed E-state index contributed by atoms with van der Waals surface area (Å²) in [4.78, 5) is 1.01. The largest absolute Gasteiger partial charge is 0.319 e. The van der Waals surface area contributed by atoms with Crippen molar-refractivity contribution in [2.24, 2.45) is 0 Å². The summed E-state index contributed by atoms with van der Waals surface area (Å²) in [5, 5.41) is 9.93. The van der Waals surface area contributed by atoms with Crippen molar-refractivity contribution in [2.45, 2.75) is 67.7 Å². The molecule has 2 aliphatic heterocycles. The molecule has 1 N–H and O–H groups in total. The molecule has 2 aromatic rings. The highest BCUT2D eigenvalue weighted by atomic mass is 35.5. The number of likely N-dealkylation sites (N-methyl/N-ethyl adjacent to an activating group) is 1. The molecule has 2 aliphatic rings. The van der Waals surface area contributed by atoms with Crippen LogP contribution in [-0.4, -0.2) is 59.8 Å². The minimum absolute atomic E-state index is 0.383. The van der Waals surface area contributed by atoms with E-state index in [1.165, 1.54) is 43.5 Å². The summed E-state index contributed by atoms with van der Waals surface area (Å²) >= 11 is 12.6. The molecule has 0 radical (unpaired) electrons. The minimum Gasteiger partial charge on any atom is -0.319 e. The Labute approximate surface area is 223 Å². The molecule has 0 bridgehead atoms. The quantitative estimate of drug-likeness (QED) is 0.399. The van der Waals surface area contributed by atoms with E-state index in [-0.39, 0.29) is 0 Å². The molecule has 4 nitrogen and oxygen atoms in total. The summed E-state index contributed by atoms with van der Waals surface area (Å²) in [5.74, 6) is 0.836. The van der Waals surface area contributed by atoms with E-state index in [0.717, 1.165) is 43.7 Å². The SMILES string of the molecule is CNC[C@@H](CCC1CC(c2ccccc2[S@](C)=O)CCN1N1CCCCC1)c1ccc(Cl)c(Cl)c1. The smallest absolute Gasteiger partial charge is 0.0595 e. The topological polar surface area (TPSA) is 35.6 Å². The van der Waals surface area contributed by atoms with Crippen LogP contribution in [-0.2, 0) is 10.8 Å². The molecule has 2 aromatic carbocycles. The minimum atomic E-state index is -0.965. The second-order valence-corrected chi connectivity index (χ2v) is 12.2. The van der Waals surface area contributed by atoms with E-state index in [0.29, 0.717) is 27.9 Å². The van der Waals surface area contributed by atoms with Crippen molar-refractivity contribution < 1.29 is 4.21 Å². The number of nitrogens with one attached hydrogen (secondary N) is 1. The van der Waals surface area contributed by atoms with Crippen LogP contribution >= 0.6 is 23.2 Å². The van der Waals surface area contributed by atoms with Crippen LogP contribution in [0.1, 0.15) is 67.9 Å². The van der Waals surface area contributed by atoms with Crippen molar-refractivity contribution in [3.05, 3.63) is 63.6 Å². The number of nitrogens with zero attached hydrogens (tertiary/aromatic N) is 2. The van der Waals surface area contributed by atoms with Crippen LogP contribution < -0.4 is 5.32 Å². The third-order valence-corrected chi connectivity index (χ3v) is 9.49. The summed E-state index contributed by atoms with van der Waals surface area (Å²) in [7, 11) is 1.05. The molecule has 2 unspecified atom stereocenters. The lowest BCUT2D eigenvalue weighted by atomic mass is 9.82. The van der Waals surface area contributed by atoms with Gasteiger partial charge in [0.05, 0.1) is 20.8 Å². The van der Waals surface area contributed by atoms with Gasteiger partial charge in [0.25, 0.3) is 0 Å². The maximum Gasteiger partial charge on any atom is 0.0595 e. The zero-order chi connectivity index (χ0) is 24.8. The van der Waals surface area contributed by atoms with Gasteiger partial charge in [-0.2, -0.15) is 0 Å². The van der Waals surface area contributed by atoms with Crippen LogP contribution in [0.3, 0.4) is 0 Å². The number of hydrogen-bond acceptors (Lipinski definition) is 4. The van der Waals surface area contributed by atoms with Crippen molar-refractivity contribution >= 4 is 34.0 Å². The molecule has 2 heterocycles. The standard InChI is InChI=1S/C28H39Cl2N3OS/c1-31-20-23(21-11-13-26(29)27(30)19-21)10-12-24-18-22(25-8-4-5-9-28(25)35(2)34)14-17-33(24)32-15-6-3-7-16-32/h4-5,8-9,11,13,19,22-24,31H,3,6-7,10,12,14-18,20H2,1-2H3/t22?,23-,24?,35+/m1/s1. The van der Waals surface area contributed by atoms with Gasteiger partial charge in [0.2, 0.25) is 0 Å². The molecular formula is C28H39Cl2N3OS. The third-order valence-electron chi connectivity index (χ3n) is 7.76. The molecule has 0 aliphatic carbocycles.